The number of carbonyl (C=O) groups excluding carboxylic acids is 1. The first-order valence-corrected chi connectivity index (χ1v) is 8.68. The molecule has 2 bridgehead atoms. The van der Waals surface area contributed by atoms with Crippen LogP contribution in [0.25, 0.3) is 0 Å². The number of nitrogens with zero attached hydrogens (tertiary/aromatic N) is 1. The molecule has 0 amide bonds. The summed E-state index contributed by atoms with van der Waals surface area (Å²) < 4.78 is 5.26. The smallest absolute Gasteiger partial charge is 0.136 e. The number of carbonyl (C=O) groups is 1. The highest BCUT2D eigenvalue weighted by molar-refractivity contribution is 5.82. The molecule has 2 unspecified atom stereocenters. The number of fused-ring (bicyclic) bond motifs is 2. The normalized spacial score (nSPS) is 26.5. The maximum absolute atomic E-state index is 12.3. The highest BCUT2D eigenvalue weighted by Crippen LogP contribution is 2.50. The van der Waals surface area contributed by atoms with Gasteiger partial charge < -0.3 is 4.74 Å². The van der Waals surface area contributed by atoms with E-state index in [1.807, 2.05) is 18.2 Å². The van der Waals surface area contributed by atoms with E-state index in [4.69, 9.17) is 4.74 Å². The van der Waals surface area contributed by atoms with E-state index in [1.54, 1.807) is 7.11 Å². The Kier molecular flexibility index (Phi) is 3.89. The Hall–Kier alpha value is -2.13. The summed E-state index contributed by atoms with van der Waals surface area (Å²) in [5.41, 5.74) is 2.44. The average molecular weight is 321 g/mol. The van der Waals surface area contributed by atoms with Crippen LogP contribution in [0.2, 0.25) is 0 Å². The van der Waals surface area contributed by atoms with Crippen molar-refractivity contribution in [1.29, 1.82) is 0 Å². The minimum absolute atomic E-state index is 0.124. The fourth-order valence-electron chi connectivity index (χ4n) is 4.49. The Morgan fingerprint density at radius 2 is 1.88 bits per heavy atom. The van der Waals surface area contributed by atoms with Crippen molar-refractivity contribution in [2.24, 2.45) is 0 Å². The number of hydrogen-bond acceptors (Lipinski definition) is 3. The fourth-order valence-corrected chi connectivity index (χ4v) is 4.49. The van der Waals surface area contributed by atoms with Crippen molar-refractivity contribution in [1.82, 2.24) is 4.90 Å². The Balaban J connectivity index is 1.68. The quantitative estimate of drug-likeness (QED) is 0.855. The molecule has 2 aliphatic heterocycles. The lowest BCUT2D eigenvalue weighted by Gasteiger charge is -2.44. The summed E-state index contributed by atoms with van der Waals surface area (Å²) in [6.07, 6.45) is 3.52. The molecule has 3 heteroatoms. The first-order valence-electron chi connectivity index (χ1n) is 8.68. The number of piperidine rings is 1. The van der Waals surface area contributed by atoms with E-state index in [1.165, 1.54) is 11.1 Å². The highest BCUT2D eigenvalue weighted by Gasteiger charge is 2.52. The Morgan fingerprint density at radius 1 is 1.12 bits per heavy atom. The van der Waals surface area contributed by atoms with Gasteiger partial charge in [-0.25, -0.2) is 0 Å². The van der Waals surface area contributed by atoms with Crippen LogP contribution in [0, 0.1) is 0 Å². The molecule has 0 N–H and O–H groups in total. The molecule has 2 saturated heterocycles. The lowest BCUT2D eigenvalue weighted by atomic mass is 9.81. The van der Waals surface area contributed by atoms with Gasteiger partial charge in [0.25, 0.3) is 0 Å². The van der Waals surface area contributed by atoms with E-state index in [-0.39, 0.29) is 5.54 Å². The van der Waals surface area contributed by atoms with Crippen LogP contribution in [0.1, 0.15) is 36.8 Å². The zero-order chi connectivity index (χ0) is 16.6. The second kappa shape index (κ2) is 6.06. The molecule has 124 valence electrons. The molecule has 0 spiro atoms. The van der Waals surface area contributed by atoms with Crippen LogP contribution in [0.3, 0.4) is 0 Å². The third-order valence-electron chi connectivity index (χ3n) is 5.66. The molecule has 2 aliphatic rings. The number of methoxy groups -OCH3 is 1. The molecule has 0 aliphatic carbocycles. The van der Waals surface area contributed by atoms with Crippen molar-refractivity contribution >= 4 is 5.78 Å². The molecular formula is C21H23NO2. The van der Waals surface area contributed by atoms with Crippen LogP contribution in [-0.2, 0) is 16.9 Å². The molecule has 4 rings (SSSR count). The minimum atomic E-state index is -0.124. The minimum Gasteiger partial charge on any atom is -0.497 e. The molecule has 2 aromatic rings. The average Bonchev–Trinajstić information content (AvgIpc) is 2.84. The molecule has 0 saturated carbocycles. The van der Waals surface area contributed by atoms with Gasteiger partial charge >= 0.3 is 0 Å². The number of rotatable bonds is 4. The van der Waals surface area contributed by atoms with Crippen molar-refractivity contribution in [3.05, 3.63) is 65.7 Å². The van der Waals surface area contributed by atoms with Crippen molar-refractivity contribution < 1.29 is 9.53 Å². The molecule has 2 heterocycles. The number of ether oxygens (including phenoxy) is 1. The lowest BCUT2D eigenvalue weighted by Crippen LogP contribution is -2.50. The zero-order valence-electron chi connectivity index (χ0n) is 14.1. The van der Waals surface area contributed by atoms with Crippen molar-refractivity contribution in [3.63, 3.8) is 0 Å². The van der Waals surface area contributed by atoms with Gasteiger partial charge in [0.2, 0.25) is 0 Å². The van der Waals surface area contributed by atoms with Gasteiger partial charge in [0.15, 0.2) is 0 Å². The van der Waals surface area contributed by atoms with Gasteiger partial charge in [0.05, 0.1) is 12.6 Å². The predicted octanol–water partition coefficient (Wildman–Crippen LogP) is 3.92. The molecule has 2 fully saturated rings. The summed E-state index contributed by atoms with van der Waals surface area (Å²) in [4.78, 5) is 14.9. The van der Waals surface area contributed by atoms with Crippen LogP contribution in [0.15, 0.2) is 54.6 Å². The maximum Gasteiger partial charge on any atom is 0.136 e. The number of hydrogen-bond donors (Lipinski definition) is 0. The van der Waals surface area contributed by atoms with E-state index in [0.29, 0.717) is 24.7 Å². The largest absolute Gasteiger partial charge is 0.497 e. The van der Waals surface area contributed by atoms with E-state index in [2.05, 4.69) is 41.3 Å². The van der Waals surface area contributed by atoms with Crippen molar-refractivity contribution in [2.75, 3.05) is 7.11 Å². The molecule has 0 aromatic heterocycles. The first-order chi connectivity index (χ1) is 11.7. The monoisotopic (exact) mass is 321 g/mol. The van der Waals surface area contributed by atoms with Gasteiger partial charge in [-0.05, 0) is 36.1 Å². The standard InChI is InChI=1S/C21H23NO2/c1-24-20-9-7-16(8-10-20)15-22-18-11-12-21(22,14-19(23)13-18)17-5-3-2-4-6-17/h2-10,18H,11-15H2,1H3. The highest BCUT2D eigenvalue weighted by atomic mass is 16.5. The summed E-state index contributed by atoms with van der Waals surface area (Å²) in [7, 11) is 1.69. The van der Waals surface area contributed by atoms with E-state index in [0.717, 1.165) is 25.1 Å². The third kappa shape index (κ3) is 2.53. The van der Waals surface area contributed by atoms with Crippen LogP contribution >= 0.6 is 0 Å². The van der Waals surface area contributed by atoms with Gasteiger partial charge in [0, 0.05) is 25.4 Å². The molecule has 2 aromatic carbocycles. The first kappa shape index (κ1) is 15.4. The fraction of sp³-hybridized carbons (Fsp3) is 0.381. The molecule has 3 nitrogen and oxygen atoms in total. The van der Waals surface area contributed by atoms with E-state index >= 15 is 0 Å². The topological polar surface area (TPSA) is 29.5 Å². The summed E-state index contributed by atoms with van der Waals surface area (Å²) in [6, 6.07) is 19.2. The van der Waals surface area contributed by atoms with Gasteiger partial charge in [0.1, 0.15) is 11.5 Å². The van der Waals surface area contributed by atoms with Gasteiger partial charge in [-0.2, -0.15) is 0 Å². The predicted molar refractivity (Wildman–Crippen MR) is 93.9 cm³/mol. The second-order valence-electron chi connectivity index (χ2n) is 6.99. The Morgan fingerprint density at radius 3 is 2.58 bits per heavy atom. The summed E-state index contributed by atoms with van der Waals surface area (Å²) in [5, 5.41) is 0. The maximum atomic E-state index is 12.3. The summed E-state index contributed by atoms with van der Waals surface area (Å²) in [6.45, 7) is 0.886. The van der Waals surface area contributed by atoms with Crippen LogP contribution in [0.5, 0.6) is 5.75 Å². The van der Waals surface area contributed by atoms with Crippen molar-refractivity contribution in [3.8, 4) is 5.75 Å². The Bertz CT molecular complexity index is 725. The van der Waals surface area contributed by atoms with Crippen LogP contribution in [0.4, 0.5) is 0 Å². The lowest BCUT2D eigenvalue weighted by molar-refractivity contribution is -0.127. The van der Waals surface area contributed by atoms with E-state index in [9.17, 15) is 4.79 Å². The van der Waals surface area contributed by atoms with Gasteiger partial charge in [-0.3, -0.25) is 9.69 Å². The molecule has 0 radical (unpaired) electrons. The number of ketones is 1. The molecule has 24 heavy (non-hydrogen) atoms. The van der Waals surface area contributed by atoms with Crippen LogP contribution in [-0.4, -0.2) is 23.8 Å². The summed E-state index contributed by atoms with van der Waals surface area (Å²) >= 11 is 0. The van der Waals surface area contributed by atoms with Gasteiger partial charge in [-0.1, -0.05) is 42.5 Å². The number of Topliss-reactive ketones (excluding diaryl/α,β-unsaturated/α-hetero) is 1. The Labute approximate surface area is 143 Å². The van der Waals surface area contributed by atoms with Crippen molar-refractivity contribution in [2.45, 2.75) is 43.8 Å². The second-order valence-corrected chi connectivity index (χ2v) is 6.99. The number of benzene rings is 2. The SMILES string of the molecule is COc1ccc(CN2C3CCC2(c2ccccc2)CC(=O)C3)cc1. The van der Waals surface area contributed by atoms with Gasteiger partial charge in [-0.15, -0.1) is 0 Å². The summed E-state index contributed by atoms with van der Waals surface area (Å²) in [5.74, 6) is 1.29. The molecule has 2 atom stereocenters. The van der Waals surface area contributed by atoms with Crippen LogP contribution < -0.4 is 4.74 Å². The third-order valence-corrected chi connectivity index (χ3v) is 5.66. The zero-order valence-corrected chi connectivity index (χ0v) is 14.1. The van der Waals surface area contributed by atoms with E-state index < -0.39 is 0 Å². The molecular weight excluding hydrogens is 298 g/mol.